The van der Waals surface area contributed by atoms with Crippen LogP contribution in [0.15, 0.2) is 9.95 Å². The molecule has 2 aromatic rings. The van der Waals surface area contributed by atoms with Crippen LogP contribution in [0.25, 0.3) is 10.2 Å². The van der Waals surface area contributed by atoms with E-state index in [2.05, 4.69) is 6.92 Å². The van der Waals surface area contributed by atoms with Crippen LogP contribution < -0.4 is 5.56 Å². The quantitative estimate of drug-likeness (QED) is 0.695. The Hall–Kier alpha value is -0.810. The summed E-state index contributed by atoms with van der Waals surface area (Å²) in [7, 11) is 0. The first-order valence-electron chi connectivity index (χ1n) is 6.42. The van der Waals surface area contributed by atoms with Crippen molar-refractivity contribution in [3.63, 3.8) is 0 Å². The minimum Gasteiger partial charge on any atom is -0.286 e. The third-order valence-electron chi connectivity index (χ3n) is 3.93. The van der Waals surface area contributed by atoms with Gasteiger partial charge in [-0.15, -0.1) is 11.3 Å². The maximum atomic E-state index is 12.6. The Kier molecular flexibility index (Phi) is 2.36. The largest absolute Gasteiger partial charge is 0.286 e. The van der Waals surface area contributed by atoms with Crippen LogP contribution in [0.2, 0.25) is 0 Å². The van der Waals surface area contributed by atoms with Gasteiger partial charge >= 0.3 is 0 Å². The van der Waals surface area contributed by atoms with E-state index in [1.54, 1.807) is 23.1 Å². The second kappa shape index (κ2) is 3.84. The smallest absolute Gasteiger partial charge is 0.263 e. The van der Waals surface area contributed by atoms with Crippen molar-refractivity contribution in [1.29, 1.82) is 0 Å². The van der Waals surface area contributed by atoms with Crippen LogP contribution in [0.3, 0.4) is 0 Å². The maximum absolute atomic E-state index is 12.6. The molecule has 3 nitrogen and oxygen atoms in total. The van der Waals surface area contributed by atoms with Gasteiger partial charge in [0.15, 0.2) is 5.16 Å². The molecule has 94 valence electrons. The number of thiophene rings is 1. The number of nitrogens with zero attached hydrogens (tertiary/aromatic N) is 2. The Balaban J connectivity index is 2.05. The predicted octanol–water partition coefficient (Wildman–Crippen LogP) is 2.69. The molecule has 0 unspecified atom stereocenters. The summed E-state index contributed by atoms with van der Waals surface area (Å²) in [6.45, 7) is 3.12. The van der Waals surface area contributed by atoms with Gasteiger partial charge in [-0.25, -0.2) is 4.98 Å². The van der Waals surface area contributed by atoms with E-state index in [0.717, 1.165) is 46.4 Å². The van der Waals surface area contributed by atoms with Crippen molar-refractivity contribution in [3.05, 3.63) is 20.8 Å². The van der Waals surface area contributed by atoms with E-state index in [1.807, 2.05) is 4.57 Å². The number of hydrogen-bond acceptors (Lipinski definition) is 4. The summed E-state index contributed by atoms with van der Waals surface area (Å²) >= 11 is 3.45. The Labute approximate surface area is 113 Å². The van der Waals surface area contributed by atoms with Crippen molar-refractivity contribution in [2.24, 2.45) is 5.92 Å². The zero-order chi connectivity index (χ0) is 12.3. The Morgan fingerprint density at radius 1 is 1.44 bits per heavy atom. The highest BCUT2D eigenvalue weighted by Crippen LogP contribution is 2.37. The molecule has 2 aromatic heterocycles. The zero-order valence-corrected chi connectivity index (χ0v) is 11.9. The maximum Gasteiger partial charge on any atom is 0.263 e. The monoisotopic (exact) mass is 278 g/mol. The first kappa shape index (κ1) is 11.1. The molecule has 0 N–H and O–H groups in total. The number of thioether (sulfide) groups is 1. The van der Waals surface area contributed by atoms with Gasteiger partial charge in [0.1, 0.15) is 4.83 Å². The molecule has 0 radical (unpaired) electrons. The topological polar surface area (TPSA) is 34.9 Å². The molecule has 0 saturated carbocycles. The molecule has 18 heavy (non-hydrogen) atoms. The molecule has 1 atom stereocenters. The molecule has 0 aromatic carbocycles. The summed E-state index contributed by atoms with van der Waals surface area (Å²) < 4.78 is 1.86. The lowest BCUT2D eigenvalue weighted by Gasteiger charge is -2.17. The van der Waals surface area contributed by atoms with E-state index in [4.69, 9.17) is 4.98 Å². The van der Waals surface area contributed by atoms with E-state index in [1.165, 1.54) is 16.9 Å². The van der Waals surface area contributed by atoms with Crippen LogP contribution in [0.5, 0.6) is 0 Å². The molecule has 5 heteroatoms. The summed E-state index contributed by atoms with van der Waals surface area (Å²) in [5.74, 6) is 1.73. The molecule has 0 spiro atoms. The van der Waals surface area contributed by atoms with Crippen LogP contribution in [0, 0.1) is 5.92 Å². The fourth-order valence-corrected chi connectivity index (χ4v) is 5.31. The molecule has 0 bridgehead atoms. The third-order valence-corrected chi connectivity index (χ3v) is 6.03. The van der Waals surface area contributed by atoms with Crippen molar-refractivity contribution in [2.75, 3.05) is 5.75 Å². The Bertz CT molecular complexity index is 701. The number of aryl methyl sites for hydroxylation is 1. The van der Waals surface area contributed by atoms with E-state index in [0.29, 0.717) is 0 Å². The molecule has 1 aliphatic heterocycles. The molecule has 4 rings (SSSR count). The van der Waals surface area contributed by atoms with Gasteiger partial charge in [-0.2, -0.15) is 0 Å². The van der Waals surface area contributed by atoms with Crippen LogP contribution >= 0.6 is 23.1 Å². The van der Waals surface area contributed by atoms with Gasteiger partial charge in [0, 0.05) is 17.2 Å². The second-order valence-corrected chi connectivity index (χ2v) is 7.38. The summed E-state index contributed by atoms with van der Waals surface area (Å²) in [5, 5.41) is 1.84. The highest BCUT2D eigenvalue weighted by atomic mass is 32.2. The number of aromatic nitrogens is 2. The average molecular weight is 278 g/mol. The third kappa shape index (κ3) is 1.43. The number of rotatable bonds is 0. The predicted molar refractivity (Wildman–Crippen MR) is 75.8 cm³/mol. The van der Waals surface area contributed by atoms with Crippen molar-refractivity contribution in [2.45, 2.75) is 37.9 Å². The zero-order valence-electron chi connectivity index (χ0n) is 10.2. The van der Waals surface area contributed by atoms with Crippen molar-refractivity contribution in [1.82, 2.24) is 9.55 Å². The molecule has 0 saturated heterocycles. The Morgan fingerprint density at radius 2 is 2.33 bits per heavy atom. The molecule has 3 heterocycles. The van der Waals surface area contributed by atoms with Crippen molar-refractivity contribution < 1.29 is 0 Å². The molecular formula is C13H14N2OS2. The van der Waals surface area contributed by atoms with Gasteiger partial charge in [0.05, 0.1) is 5.39 Å². The standard InChI is InChI=1S/C13H14N2OS2/c1-7-2-3-8-9(6-7)18-11-10(8)12(16)15-4-5-17-13(15)14-11/h7H,2-6H2,1H3/t7-/m0/s1. The van der Waals surface area contributed by atoms with Gasteiger partial charge < -0.3 is 0 Å². The Morgan fingerprint density at radius 3 is 3.22 bits per heavy atom. The van der Waals surface area contributed by atoms with E-state index < -0.39 is 0 Å². The van der Waals surface area contributed by atoms with E-state index in [-0.39, 0.29) is 5.56 Å². The van der Waals surface area contributed by atoms with Gasteiger partial charge in [-0.05, 0) is 30.7 Å². The lowest BCUT2D eigenvalue weighted by molar-refractivity contribution is 0.509. The molecule has 0 fully saturated rings. The van der Waals surface area contributed by atoms with Crippen LogP contribution in [-0.2, 0) is 19.4 Å². The van der Waals surface area contributed by atoms with Crippen molar-refractivity contribution >= 4 is 33.3 Å². The fraction of sp³-hybridized carbons (Fsp3) is 0.538. The first-order valence-corrected chi connectivity index (χ1v) is 8.22. The highest BCUT2D eigenvalue weighted by Gasteiger charge is 2.25. The molecular weight excluding hydrogens is 264 g/mol. The minimum absolute atomic E-state index is 0.201. The average Bonchev–Trinajstić information content (AvgIpc) is 2.92. The normalized spacial score (nSPS) is 22.2. The molecule has 0 amide bonds. The van der Waals surface area contributed by atoms with Gasteiger partial charge in [-0.1, -0.05) is 18.7 Å². The van der Waals surface area contributed by atoms with Gasteiger partial charge in [-0.3, -0.25) is 9.36 Å². The lowest BCUT2D eigenvalue weighted by Crippen LogP contribution is -2.21. The van der Waals surface area contributed by atoms with Gasteiger partial charge in [0.2, 0.25) is 0 Å². The summed E-state index contributed by atoms with van der Waals surface area (Å²) in [5.41, 5.74) is 1.50. The number of hydrogen-bond donors (Lipinski definition) is 0. The van der Waals surface area contributed by atoms with E-state index in [9.17, 15) is 4.79 Å². The fourth-order valence-electron chi connectivity index (χ4n) is 2.94. The minimum atomic E-state index is 0.201. The number of fused-ring (bicyclic) bond motifs is 4. The first-order chi connectivity index (χ1) is 8.74. The SMILES string of the molecule is C[C@H]1CCc2c(sc3nc4n(c(=O)c23)CCS4)C1. The van der Waals surface area contributed by atoms with Crippen LogP contribution in [0.1, 0.15) is 23.8 Å². The summed E-state index contributed by atoms with van der Waals surface area (Å²) in [6, 6.07) is 0. The van der Waals surface area contributed by atoms with Crippen molar-refractivity contribution in [3.8, 4) is 0 Å². The second-order valence-electron chi connectivity index (χ2n) is 5.23. The van der Waals surface area contributed by atoms with Gasteiger partial charge in [0.25, 0.3) is 5.56 Å². The highest BCUT2D eigenvalue weighted by molar-refractivity contribution is 7.99. The summed E-state index contributed by atoms with van der Waals surface area (Å²) in [6.07, 6.45) is 3.38. The molecule has 2 aliphatic rings. The van der Waals surface area contributed by atoms with Crippen LogP contribution in [-0.4, -0.2) is 15.3 Å². The van der Waals surface area contributed by atoms with Crippen LogP contribution in [0.4, 0.5) is 0 Å². The van der Waals surface area contributed by atoms with E-state index >= 15 is 0 Å². The summed E-state index contributed by atoms with van der Waals surface area (Å²) in [4.78, 5) is 19.6. The molecule has 1 aliphatic carbocycles. The lowest BCUT2D eigenvalue weighted by atomic mass is 9.89.